The van der Waals surface area contributed by atoms with Crippen molar-refractivity contribution >= 4 is 9.84 Å². The lowest BCUT2D eigenvalue weighted by Crippen LogP contribution is -2.38. The van der Waals surface area contributed by atoms with E-state index in [-0.39, 0.29) is 5.75 Å². The molecule has 2 N–H and O–H groups in total. The fourth-order valence-electron chi connectivity index (χ4n) is 0.924. The van der Waals surface area contributed by atoms with E-state index in [1.165, 1.54) is 6.26 Å². The van der Waals surface area contributed by atoms with Crippen molar-refractivity contribution in [2.45, 2.75) is 19.9 Å². The summed E-state index contributed by atoms with van der Waals surface area (Å²) in [6.45, 7) is 6.43. The van der Waals surface area contributed by atoms with Gasteiger partial charge in [0.1, 0.15) is 9.84 Å². The molecule has 0 spiro atoms. The van der Waals surface area contributed by atoms with Gasteiger partial charge in [-0.1, -0.05) is 6.92 Å². The van der Waals surface area contributed by atoms with Crippen molar-refractivity contribution in [3.05, 3.63) is 0 Å². The van der Waals surface area contributed by atoms with Gasteiger partial charge in [-0.25, -0.2) is 8.42 Å². The van der Waals surface area contributed by atoms with Gasteiger partial charge in [0.05, 0.1) is 5.75 Å². The third-order valence-corrected chi connectivity index (χ3v) is 2.61. The van der Waals surface area contributed by atoms with Crippen molar-refractivity contribution in [1.82, 2.24) is 10.6 Å². The quantitative estimate of drug-likeness (QED) is 0.599. The van der Waals surface area contributed by atoms with Crippen molar-refractivity contribution in [2.75, 3.05) is 31.6 Å². The van der Waals surface area contributed by atoms with Crippen LogP contribution in [0.1, 0.15) is 13.8 Å². The molecule has 0 aromatic carbocycles. The maximum absolute atomic E-state index is 10.8. The van der Waals surface area contributed by atoms with Gasteiger partial charge in [-0.05, 0) is 13.5 Å². The van der Waals surface area contributed by atoms with E-state index < -0.39 is 9.84 Å². The molecule has 0 radical (unpaired) electrons. The molecular weight excluding hydrogens is 188 g/mol. The van der Waals surface area contributed by atoms with E-state index in [9.17, 15) is 8.42 Å². The van der Waals surface area contributed by atoms with Crippen LogP contribution in [-0.4, -0.2) is 46.1 Å². The van der Waals surface area contributed by atoms with Crippen LogP contribution in [0.25, 0.3) is 0 Å². The Balaban J connectivity index is 3.42. The molecule has 0 heterocycles. The lowest BCUT2D eigenvalue weighted by molar-refractivity contribution is 0.520. The van der Waals surface area contributed by atoms with Crippen molar-refractivity contribution in [2.24, 2.45) is 0 Å². The SMILES string of the molecule is CCNCC(C)NCCS(C)(=O)=O. The minimum atomic E-state index is -2.82. The van der Waals surface area contributed by atoms with Crippen molar-refractivity contribution in [3.8, 4) is 0 Å². The fraction of sp³-hybridized carbons (Fsp3) is 1.00. The number of hydrogen-bond donors (Lipinski definition) is 2. The maximum Gasteiger partial charge on any atom is 0.148 e. The molecule has 0 aliphatic heterocycles. The molecule has 0 rings (SSSR count). The standard InChI is InChI=1S/C8H20N2O2S/c1-4-9-7-8(2)10-5-6-13(3,11)12/h8-10H,4-7H2,1-3H3. The average Bonchev–Trinajstić information content (AvgIpc) is 1.98. The highest BCUT2D eigenvalue weighted by Crippen LogP contribution is 1.82. The van der Waals surface area contributed by atoms with E-state index >= 15 is 0 Å². The zero-order chi connectivity index (χ0) is 10.3. The topological polar surface area (TPSA) is 58.2 Å². The van der Waals surface area contributed by atoms with Crippen LogP contribution in [0.15, 0.2) is 0 Å². The Morgan fingerprint density at radius 2 is 2.00 bits per heavy atom. The Hall–Kier alpha value is -0.130. The van der Waals surface area contributed by atoms with E-state index in [2.05, 4.69) is 10.6 Å². The molecular formula is C8H20N2O2S. The Labute approximate surface area is 81.0 Å². The molecule has 5 heteroatoms. The predicted octanol–water partition coefficient (Wildman–Crippen LogP) is -0.381. The summed E-state index contributed by atoms with van der Waals surface area (Å²) in [4.78, 5) is 0. The highest BCUT2D eigenvalue weighted by Gasteiger charge is 2.03. The minimum absolute atomic E-state index is 0.212. The first kappa shape index (κ1) is 12.9. The van der Waals surface area contributed by atoms with Crippen molar-refractivity contribution in [1.29, 1.82) is 0 Å². The molecule has 1 atom stereocenters. The van der Waals surface area contributed by atoms with Gasteiger partial charge in [0.15, 0.2) is 0 Å². The second-order valence-electron chi connectivity index (χ2n) is 3.29. The van der Waals surface area contributed by atoms with E-state index in [4.69, 9.17) is 0 Å². The summed E-state index contributed by atoms with van der Waals surface area (Å²) in [5, 5.41) is 6.32. The first-order chi connectivity index (χ1) is 5.95. The molecule has 0 amide bonds. The fourth-order valence-corrected chi connectivity index (χ4v) is 1.41. The van der Waals surface area contributed by atoms with Gasteiger partial charge < -0.3 is 10.6 Å². The van der Waals surface area contributed by atoms with Crippen molar-refractivity contribution < 1.29 is 8.42 Å². The van der Waals surface area contributed by atoms with Gasteiger partial charge in [0, 0.05) is 25.4 Å². The Kier molecular flexibility index (Phi) is 6.28. The van der Waals surface area contributed by atoms with Crippen LogP contribution >= 0.6 is 0 Å². The molecule has 0 saturated heterocycles. The van der Waals surface area contributed by atoms with E-state index in [0.29, 0.717) is 12.6 Å². The third kappa shape index (κ3) is 9.79. The van der Waals surface area contributed by atoms with Crippen LogP contribution in [-0.2, 0) is 9.84 Å². The van der Waals surface area contributed by atoms with Crippen LogP contribution < -0.4 is 10.6 Å². The normalized spacial score (nSPS) is 14.4. The number of likely N-dealkylation sites (N-methyl/N-ethyl adjacent to an activating group) is 1. The molecule has 0 aliphatic rings. The van der Waals surface area contributed by atoms with Gasteiger partial charge in [0.2, 0.25) is 0 Å². The molecule has 80 valence electrons. The molecule has 0 bridgehead atoms. The Bertz CT molecular complexity index is 214. The predicted molar refractivity (Wildman–Crippen MR) is 55.7 cm³/mol. The summed E-state index contributed by atoms with van der Waals surface area (Å²) < 4.78 is 21.5. The molecule has 13 heavy (non-hydrogen) atoms. The smallest absolute Gasteiger partial charge is 0.148 e. The highest BCUT2D eigenvalue weighted by molar-refractivity contribution is 7.90. The zero-order valence-electron chi connectivity index (χ0n) is 8.63. The molecule has 0 aromatic rings. The van der Waals surface area contributed by atoms with Gasteiger partial charge in [-0.15, -0.1) is 0 Å². The number of sulfone groups is 1. The van der Waals surface area contributed by atoms with Crippen LogP contribution in [0.4, 0.5) is 0 Å². The first-order valence-electron chi connectivity index (χ1n) is 4.57. The first-order valence-corrected chi connectivity index (χ1v) is 6.63. The highest BCUT2D eigenvalue weighted by atomic mass is 32.2. The maximum atomic E-state index is 10.8. The van der Waals surface area contributed by atoms with E-state index in [0.717, 1.165) is 13.1 Å². The van der Waals surface area contributed by atoms with Crippen LogP contribution in [0.5, 0.6) is 0 Å². The third-order valence-electron chi connectivity index (χ3n) is 1.67. The monoisotopic (exact) mass is 208 g/mol. The van der Waals surface area contributed by atoms with Gasteiger partial charge in [0.25, 0.3) is 0 Å². The number of hydrogen-bond acceptors (Lipinski definition) is 4. The largest absolute Gasteiger partial charge is 0.315 e. The summed E-state index contributed by atoms with van der Waals surface area (Å²) in [6.07, 6.45) is 1.25. The van der Waals surface area contributed by atoms with Gasteiger partial charge >= 0.3 is 0 Å². The second kappa shape index (κ2) is 6.34. The molecule has 4 nitrogen and oxygen atoms in total. The number of nitrogens with one attached hydrogen (secondary N) is 2. The molecule has 0 saturated carbocycles. The Morgan fingerprint density at radius 1 is 1.38 bits per heavy atom. The Morgan fingerprint density at radius 3 is 2.46 bits per heavy atom. The lowest BCUT2D eigenvalue weighted by atomic mass is 10.3. The average molecular weight is 208 g/mol. The second-order valence-corrected chi connectivity index (χ2v) is 5.55. The zero-order valence-corrected chi connectivity index (χ0v) is 9.45. The summed E-state index contributed by atoms with van der Waals surface area (Å²) in [5.74, 6) is 0.212. The summed E-state index contributed by atoms with van der Waals surface area (Å²) >= 11 is 0. The van der Waals surface area contributed by atoms with E-state index in [1.807, 2.05) is 13.8 Å². The lowest BCUT2D eigenvalue weighted by Gasteiger charge is -2.13. The van der Waals surface area contributed by atoms with Crippen LogP contribution in [0.3, 0.4) is 0 Å². The van der Waals surface area contributed by atoms with Gasteiger partial charge in [-0.3, -0.25) is 0 Å². The molecule has 1 unspecified atom stereocenters. The van der Waals surface area contributed by atoms with Crippen LogP contribution in [0, 0.1) is 0 Å². The summed E-state index contributed by atoms with van der Waals surface area (Å²) in [7, 11) is -2.82. The number of rotatable bonds is 7. The van der Waals surface area contributed by atoms with Crippen molar-refractivity contribution in [3.63, 3.8) is 0 Å². The van der Waals surface area contributed by atoms with Gasteiger partial charge in [-0.2, -0.15) is 0 Å². The molecule has 0 fully saturated rings. The minimum Gasteiger partial charge on any atom is -0.315 e. The molecule has 0 aromatic heterocycles. The summed E-state index contributed by atoms with van der Waals surface area (Å²) in [5.41, 5.74) is 0. The molecule has 0 aliphatic carbocycles. The summed E-state index contributed by atoms with van der Waals surface area (Å²) in [6, 6.07) is 0.321. The van der Waals surface area contributed by atoms with Crippen LogP contribution in [0.2, 0.25) is 0 Å². The van der Waals surface area contributed by atoms with E-state index in [1.54, 1.807) is 0 Å².